The summed E-state index contributed by atoms with van der Waals surface area (Å²) in [4.78, 5) is 17.4. The van der Waals surface area contributed by atoms with Gasteiger partial charge in [0.05, 0.1) is 28.4 Å². The van der Waals surface area contributed by atoms with E-state index in [9.17, 15) is 0 Å². The number of nitrogens with zero attached hydrogens (tertiary/aromatic N) is 6. The molecule has 6 aromatic rings. The Kier molecular flexibility index (Phi) is 3.70. The van der Waals surface area contributed by atoms with Crippen molar-refractivity contribution in [2.24, 2.45) is 4.99 Å². The molecule has 0 bridgehead atoms. The number of hydrogen-bond acceptors (Lipinski definition) is 4. The van der Waals surface area contributed by atoms with Crippen molar-refractivity contribution in [3.8, 4) is 11.4 Å². The van der Waals surface area contributed by atoms with E-state index in [1.165, 1.54) is 0 Å². The van der Waals surface area contributed by atoms with Gasteiger partial charge in [-0.15, -0.1) is 0 Å². The Morgan fingerprint density at radius 1 is 0.667 bits per heavy atom. The van der Waals surface area contributed by atoms with Crippen molar-refractivity contribution >= 4 is 45.0 Å². The second-order valence-electron chi connectivity index (χ2n) is 7.89. The lowest BCUT2D eigenvalue weighted by molar-refractivity contribution is 1.09. The molecule has 6 heteroatoms. The smallest absolute Gasteiger partial charge is 0.0687 e. The molecule has 5 aromatic heterocycles. The third-order valence-corrected chi connectivity index (χ3v) is 6.13. The Bertz CT molecular complexity index is 1760. The van der Waals surface area contributed by atoms with E-state index < -0.39 is 0 Å². The highest BCUT2D eigenvalue weighted by atomic mass is 15.0. The maximum Gasteiger partial charge on any atom is 0.0687 e. The van der Waals surface area contributed by atoms with Crippen LogP contribution >= 0.6 is 0 Å². The summed E-state index contributed by atoms with van der Waals surface area (Å²) >= 11 is 0. The molecule has 6 nitrogen and oxygen atoms in total. The van der Waals surface area contributed by atoms with Crippen molar-refractivity contribution < 1.29 is 0 Å². The first-order valence-electron chi connectivity index (χ1n) is 10.6. The van der Waals surface area contributed by atoms with E-state index in [1.807, 2.05) is 55.5 Å². The van der Waals surface area contributed by atoms with Crippen molar-refractivity contribution in [3.63, 3.8) is 0 Å². The van der Waals surface area contributed by atoms with Crippen LogP contribution in [-0.4, -0.2) is 30.3 Å². The first-order valence-corrected chi connectivity index (χ1v) is 10.6. The average molecular weight is 424 g/mol. The fourth-order valence-corrected chi connectivity index (χ4v) is 4.76. The Morgan fingerprint density at radius 2 is 1.27 bits per heavy atom. The fourth-order valence-electron chi connectivity index (χ4n) is 4.76. The van der Waals surface area contributed by atoms with Crippen LogP contribution in [0, 0.1) is 0 Å². The summed E-state index contributed by atoms with van der Waals surface area (Å²) in [7, 11) is 0. The topological polar surface area (TPSA) is 60.9 Å². The molecule has 1 aliphatic rings. The third kappa shape index (κ3) is 2.56. The van der Waals surface area contributed by atoms with Crippen LogP contribution in [0.4, 0.5) is 0 Å². The molecular formula is C27H16N6. The average Bonchev–Trinajstić information content (AvgIpc) is 3.25. The van der Waals surface area contributed by atoms with Crippen LogP contribution in [0.3, 0.4) is 0 Å². The Labute approximate surface area is 188 Å². The molecule has 0 saturated heterocycles. The minimum absolute atomic E-state index is 1.03. The summed E-state index contributed by atoms with van der Waals surface area (Å²) in [6.45, 7) is 0. The maximum atomic E-state index is 4.35. The first-order chi connectivity index (χ1) is 16.4. The van der Waals surface area contributed by atoms with E-state index in [0.29, 0.717) is 0 Å². The van der Waals surface area contributed by atoms with Crippen molar-refractivity contribution in [2.45, 2.75) is 0 Å². The predicted octanol–water partition coefficient (Wildman–Crippen LogP) is 5.47. The van der Waals surface area contributed by atoms with Gasteiger partial charge in [-0.3, -0.25) is 19.9 Å². The highest BCUT2D eigenvalue weighted by Crippen LogP contribution is 2.33. The SMILES string of the molecule is C1=CN=Cc2c(n(-c3cccc(-n4c5ccncc5c5cnccc54)c3)c3ccncc23)C=1. The number of fused-ring (bicyclic) bond motifs is 6. The molecule has 0 radical (unpaired) electrons. The number of aromatic nitrogens is 5. The molecule has 154 valence electrons. The Hall–Kier alpha value is -4.80. The van der Waals surface area contributed by atoms with Gasteiger partial charge in [0.2, 0.25) is 0 Å². The lowest BCUT2D eigenvalue weighted by Crippen LogP contribution is -2.00. The molecule has 0 amide bonds. The molecule has 0 N–H and O–H groups in total. The zero-order valence-corrected chi connectivity index (χ0v) is 17.4. The van der Waals surface area contributed by atoms with Crippen LogP contribution in [0.25, 0.3) is 50.2 Å². The zero-order chi connectivity index (χ0) is 21.8. The standard InChI is InChI=1S/C27H16N6/c1-3-18(32-24-5-2-9-28-14-20(24)21-15-29-10-6-25(21)32)13-19(4-1)33-26-7-11-30-16-22(26)23-17-31-12-8-27(23)33/h1,3-17H. The molecule has 0 saturated carbocycles. The Morgan fingerprint density at radius 3 is 1.97 bits per heavy atom. The molecule has 33 heavy (non-hydrogen) atoms. The van der Waals surface area contributed by atoms with E-state index in [-0.39, 0.29) is 0 Å². The Balaban J connectivity index is 1.54. The molecule has 0 unspecified atom stereocenters. The number of pyridine rings is 3. The van der Waals surface area contributed by atoms with E-state index >= 15 is 0 Å². The van der Waals surface area contributed by atoms with Crippen molar-refractivity contribution in [1.82, 2.24) is 24.1 Å². The van der Waals surface area contributed by atoms with Gasteiger partial charge in [0.15, 0.2) is 0 Å². The maximum absolute atomic E-state index is 4.35. The summed E-state index contributed by atoms with van der Waals surface area (Å²) in [6.07, 6.45) is 16.7. The van der Waals surface area contributed by atoms with Crippen molar-refractivity contribution in [3.05, 3.63) is 103 Å². The molecular weight excluding hydrogens is 408 g/mol. The van der Waals surface area contributed by atoms with Gasteiger partial charge in [0.1, 0.15) is 0 Å². The summed E-state index contributed by atoms with van der Waals surface area (Å²) in [5.74, 6) is 0. The van der Waals surface area contributed by atoms with Crippen molar-refractivity contribution in [1.29, 1.82) is 0 Å². The molecule has 6 heterocycles. The zero-order valence-electron chi connectivity index (χ0n) is 17.4. The molecule has 1 aliphatic heterocycles. The van der Waals surface area contributed by atoms with Gasteiger partial charge in [-0.05, 0) is 36.4 Å². The fraction of sp³-hybridized carbons (Fsp3) is 0. The number of rotatable bonds is 2. The minimum Gasteiger partial charge on any atom is -0.309 e. The largest absolute Gasteiger partial charge is 0.309 e. The van der Waals surface area contributed by atoms with Crippen LogP contribution in [-0.2, 0) is 0 Å². The van der Waals surface area contributed by atoms with Crippen LogP contribution in [0.1, 0.15) is 11.3 Å². The van der Waals surface area contributed by atoms with E-state index in [0.717, 1.165) is 55.3 Å². The minimum atomic E-state index is 1.03. The first kappa shape index (κ1) is 17.8. The third-order valence-electron chi connectivity index (χ3n) is 6.13. The van der Waals surface area contributed by atoms with E-state index in [4.69, 9.17) is 0 Å². The summed E-state index contributed by atoms with van der Waals surface area (Å²) in [5.41, 5.74) is 10.6. The number of aliphatic imine (C=N–C) groups is 1. The number of benzene rings is 1. The molecule has 1 aromatic carbocycles. The van der Waals surface area contributed by atoms with Crippen molar-refractivity contribution in [2.75, 3.05) is 0 Å². The van der Waals surface area contributed by atoms with Crippen LogP contribution < -0.4 is 0 Å². The lowest BCUT2D eigenvalue weighted by atomic mass is 10.2. The van der Waals surface area contributed by atoms with Gasteiger partial charge in [-0.1, -0.05) is 11.8 Å². The quantitative estimate of drug-likeness (QED) is 0.346. The normalized spacial score (nSPS) is 12.6. The highest BCUT2D eigenvalue weighted by molar-refractivity contribution is 6.08. The summed E-state index contributed by atoms with van der Waals surface area (Å²) in [6, 6.07) is 14.7. The molecule has 0 spiro atoms. The van der Waals surface area contributed by atoms with Gasteiger partial charge in [-0.25, -0.2) is 0 Å². The summed E-state index contributed by atoms with van der Waals surface area (Å²) in [5, 5.41) is 3.23. The predicted molar refractivity (Wildman–Crippen MR) is 131 cm³/mol. The monoisotopic (exact) mass is 424 g/mol. The van der Waals surface area contributed by atoms with Crippen LogP contribution in [0.2, 0.25) is 0 Å². The van der Waals surface area contributed by atoms with E-state index in [2.05, 4.69) is 71.2 Å². The van der Waals surface area contributed by atoms with Crippen LogP contribution in [0.5, 0.6) is 0 Å². The van der Waals surface area contributed by atoms with Gasteiger partial charge < -0.3 is 9.13 Å². The van der Waals surface area contributed by atoms with Gasteiger partial charge in [0.25, 0.3) is 0 Å². The van der Waals surface area contributed by atoms with E-state index in [1.54, 1.807) is 6.20 Å². The van der Waals surface area contributed by atoms with Gasteiger partial charge in [0, 0.05) is 82.6 Å². The number of hydrogen-bond donors (Lipinski definition) is 0. The lowest BCUT2D eigenvalue weighted by Gasteiger charge is -2.13. The van der Waals surface area contributed by atoms with Gasteiger partial charge >= 0.3 is 0 Å². The molecule has 0 aliphatic carbocycles. The molecule has 0 atom stereocenters. The second kappa shape index (κ2) is 6.85. The molecule has 0 fully saturated rings. The van der Waals surface area contributed by atoms with Crippen LogP contribution in [0.15, 0.2) is 96.6 Å². The van der Waals surface area contributed by atoms with Gasteiger partial charge in [-0.2, -0.15) is 0 Å². The highest BCUT2D eigenvalue weighted by Gasteiger charge is 2.18. The molecule has 7 rings (SSSR count). The summed E-state index contributed by atoms with van der Waals surface area (Å²) < 4.78 is 4.51. The second-order valence-corrected chi connectivity index (χ2v) is 7.89.